The SMILES string of the molecule is Cl.Fc1ccc([C@@H]2C[C@H]2NCc2cn(-c3ccc4sccc4c3)nn2)cc1F. The van der Waals surface area contributed by atoms with Crippen molar-refractivity contribution in [2.24, 2.45) is 0 Å². The Morgan fingerprint density at radius 1 is 1.11 bits per heavy atom. The predicted octanol–water partition coefficient (Wildman–Crippen LogP) is 4.83. The lowest BCUT2D eigenvalue weighted by atomic mass is 10.1. The summed E-state index contributed by atoms with van der Waals surface area (Å²) in [7, 11) is 0. The van der Waals surface area contributed by atoms with Gasteiger partial charge >= 0.3 is 0 Å². The molecule has 0 unspecified atom stereocenters. The molecule has 0 amide bonds. The van der Waals surface area contributed by atoms with Crippen molar-refractivity contribution >= 4 is 33.8 Å². The Morgan fingerprint density at radius 3 is 2.86 bits per heavy atom. The minimum Gasteiger partial charge on any atom is -0.308 e. The fraction of sp³-hybridized carbons (Fsp3) is 0.200. The van der Waals surface area contributed by atoms with Crippen molar-refractivity contribution < 1.29 is 8.78 Å². The third kappa shape index (κ3) is 3.65. The summed E-state index contributed by atoms with van der Waals surface area (Å²) >= 11 is 1.72. The summed E-state index contributed by atoms with van der Waals surface area (Å²) in [5, 5.41) is 15.1. The second-order valence-corrected chi connectivity index (χ2v) is 7.75. The summed E-state index contributed by atoms with van der Waals surface area (Å²) in [6.07, 6.45) is 2.82. The molecular weight excluding hydrogens is 402 g/mol. The van der Waals surface area contributed by atoms with E-state index in [1.54, 1.807) is 22.1 Å². The van der Waals surface area contributed by atoms with Crippen LogP contribution in [0.1, 0.15) is 23.6 Å². The zero-order valence-corrected chi connectivity index (χ0v) is 16.3. The largest absolute Gasteiger partial charge is 0.308 e. The molecule has 0 radical (unpaired) electrons. The van der Waals surface area contributed by atoms with Gasteiger partial charge in [-0.05, 0) is 59.1 Å². The van der Waals surface area contributed by atoms with Gasteiger partial charge in [0.15, 0.2) is 11.6 Å². The van der Waals surface area contributed by atoms with Gasteiger partial charge in [0, 0.05) is 23.2 Å². The first-order valence-corrected chi connectivity index (χ1v) is 9.62. The molecule has 2 aromatic carbocycles. The summed E-state index contributed by atoms with van der Waals surface area (Å²) in [6.45, 7) is 0.589. The summed E-state index contributed by atoms with van der Waals surface area (Å²) in [5.74, 6) is -1.37. The highest BCUT2D eigenvalue weighted by Gasteiger charge is 2.38. The van der Waals surface area contributed by atoms with Crippen LogP contribution >= 0.6 is 23.7 Å². The van der Waals surface area contributed by atoms with Crippen molar-refractivity contribution in [1.29, 1.82) is 0 Å². The monoisotopic (exact) mass is 418 g/mol. The van der Waals surface area contributed by atoms with E-state index in [2.05, 4.69) is 39.2 Å². The Kier molecular flexibility index (Phi) is 5.14. The number of nitrogens with zero attached hydrogens (tertiary/aromatic N) is 3. The number of fused-ring (bicyclic) bond motifs is 1. The number of rotatable bonds is 5. The lowest BCUT2D eigenvalue weighted by molar-refractivity contribution is 0.506. The normalized spacial score (nSPS) is 18.2. The number of nitrogens with one attached hydrogen (secondary N) is 1. The Balaban J connectivity index is 0.00000192. The fourth-order valence-electron chi connectivity index (χ4n) is 3.37. The average molecular weight is 419 g/mol. The highest BCUT2D eigenvalue weighted by Crippen LogP contribution is 2.41. The molecule has 1 aliphatic carbocycles. The van der Waals surface area contributed by atoms with E-state index in [4.69, 9.17) is 0 Å². The first-order valence-electron chi connectivity index (χ1n) is 8.74. The molecule has 8 heteroatoms. The van der Waals surface area contributed by atoms with Crippen LogP contribution in [-0.2, 0) is 6.54 Å². The van der Waals surface area contributed by atoms with Gasteiger partial charge in [-0.3, -0.25) is 0 Å². The first kappa shape index (κ1) is 19.0. The molecule has 1 saturated carbocycles. The van der Waals surface area contributed by atoms with Crippen LogP contribution in [0.2, 0.25) is 0 Å². The van der Waals surface area contributed by atoms with Gasteiger partial charge in [-0.25, -0.2) is 13.5 Å². The Hall–Kier alpha value is -2.35. The molecule has 4 aromatic rings. The number of halogens is 3. The van der Waals surface area contributed by atoms with Crippen molar-refractivity contribution in [1.82, 2.24) is 20.3 Å². The van der Waals surface area contributed by atoms with Gasteiger partial charge in [0.1, 0.15) is 0 Å². The zero-order valence-electron chi connectivity index (χ0n) is 14.7. The van der Waals surface area contributed by atoms with Gasteiger partial charge < -0.3 is 5.32 Å². The molecule has 1 fully saturated rings. The van der Waals surface area contributed by atoms with Gasteiger partial charge in [0.25, 0.3) is 0 Å². The molecule has 1 N–H and O–H groups in total. The quantitative estimate of drug-likeness (QED) is 0.505. The Morgan fingerprint density at radius 2 is 2.00 bits per heavy atom. The van der Waals surface area contributed by atoms with Gasteiger partial charge in [0.05, 0.1) is 17.6 Å². The summed E-state index contributed by atoms with van der Waals surface area (Å²) in [4.78, 5) is 0. The van der Waals surface area contributed by atoms with Crippen LogP contribution in [0.25, 0.3) is 15.8 Å². The molecule has 0 aliphatic heterocycles. The number of benzene rings is 2. The Labute approximate surface area is 170 Å². The minimum atomic E-state index is -0.804. The maximum atomic E-state index is 13.4. The van der Waals surface area contributed by atoms with E-state index in [1.807, 2.05) is 12.3 Å². The van der Waals surface area contributed by atoms with E-state index < -0.39 is 11.6 Å². The molecule has 2 heterocycles. The maximum absolute atomic E-state index is 13.4. The molecule has 1 aliphatic rings. The molecule has 2 atom stereocenters. The zero-order chi connectivity index (χ0) is 18.4. The van der Waals surface area contributed by atoms with Crippen LogP contribution in [0, 0.1) is 11.6 Å². The molecule has 28 heavy (non-hydrogen) atoms. The number of hydrogen-bond donors (Lipinski definition) is 1. The van der Waals surface area contributed by atoms with Crippen LogP contribution in [0.4, 0.5) is 8.78 Å². The minimum absolute atomic E-state index is 0. The molecule has 5 rings (SSSR count). The van der Waals surface area contributed by atoms with Gasteiger partial charge in [-0.15, -0.1) is 28.8 Å². The van der Waals surface area contributed by atoms with E-state index in [0.717, 1.165) is 23.4 Å². The van der Waals surface area contributed by atoms with Gasteiger partial charge in [-0.1, -0.05) is 11.3 Å². The summed E-state index contributed by atoms with van der Waals surface area (Å²) in [6, 6.07) is 12.7. The number of aromatic nitrogens is 3. The predicted molar refractivity (Wildman–Crippen MR) is 108 cm³/mol. The molecule has 144 valence electrons. The third-order valence-corrected chi connectivity index (χ3v) is 5.85. The molecule has 0 saturated heterocycles. The van der Waals surface area contributed by atoms with Crippen molar-refractivity contribution in [2.75, 3.05) is 0 Å². The van der Waals surface area contributed by atoms with Crippen molar-refractivity contribution in [3.8, 4) is 5.69 Å². The standard InChI is InChI=1S/C20H16F2N4S.ClH/c21-17-3-1-12(8-18(17)22)16-9-19(16)23-10-14-11-26(25-24-14)15-2-4-20-13(7-15)5-6-27-20;/h1-8,11,16,19,23H,9-10H2;1H/t16-,19+;/m0./s1. The molecule has 4 nitrogen and oxygen atoms in total. The topological polar surface area (TPSA) is 42.7 Å². The second-order valence-electron chi connectivity index (χ2n) is 6.80. The van der Waals surface area contributed by atoms with E-state index in [-0.39, 0.29) is 24.4 Å². The molecule has 0 bridgehead atoms. The molecular formula is C20H17ClF2N4S. The first-order chi connectivity index (χ1) is 13.2. The fourth-order valence-corrected chi connectivity index (χ4v) is 4.14. The van der Waals surface area contributed by atoms with Gasteiger partial charge in [-0.2, -0.15) is 0 Å². The van der Waals surface area contributed by atoms with Crippen molar-refractivity contribution in [3.63, 3.8) is 0 Å². The lowest BCUT2D eigenvalue weighted by Gasteiger charge is -2.03. The van der Waals surface area contributed by atoms with Crippen LogP contribution in [0.3, 0.4) is 0 Å². The highest BCUT2D eigenvalue weighted by molar-refractivity contribution is 7.17. The lowest BCUT2D eigenvalue weighted by Crippen LogP contribution is -2.17. The number of hydrogen-bond acceptors (Lipinski definition) is 4. The summed E-state index contributed by atoms with van der Waals surface area (Å²) < 4.78 is 29.4. The Bertz CT molecular complexity index is 1130. The van der Waals surface area contributed by atoms with E-state index in [0.29, 0.717) is 6.54 Å². The molecule has 2 aromatic heterocycles. The maximum Gasteiger partial charge on any atom is 0.159 e. The van der Waals surface area contributed by atoms with Crippen molar-refractivity contribution in [2.45, 2.75) is 24.9 Å². The van der Waals surface area contributed by atoms with E-state index >= 15 is 0 Å². The van der Waals surface area contributed by atoms with Crippen LogP contribution in [0.15, 0.2) is 54.0 Å². The van der Waals surface area contributed by atoms with E-state index in [9.17, 15) is 8.78 Å². The summed E-state index contributed by atoms with van der Waals surface area (Å²) in [5.41, 5.74) is 2.65. The van der Waals surface area contributed by atoms with Crippen LogP contribution in [-0.4, -0.2) is 21.0 Å². The van der Waals surface area contributed by atoms with Crippen molar-refractivity contribution in [3.05, 3.63) is 76.9 Å². The smallest absolute Gasteiger partial charge is 0.159 e. The second kappa shape index (κ2) is 7.58. The highest BCUT2D eigenvalue weighted by atomic mass is 35.5. The average Bonchev–Trinajstić information content (AvgIpc) is 3.07. The third-order valence-electron chi connectivity index (χ3n) is 4.95. The van der Waals surface area contributed by atoms with Crippen LogP contribution < -0.4 is 5.32 Å². The van der Waals surface area contributed by atoms with Gasteiger partial charge in [0.2, 0.25) is 0 Å². The van der Waals surface area contributed by atoms with E-state index in [1.165, 1.54) is 22.2 Å². The van der Waals surface area contributed by atoms with Crippen LogP contribution in [0.5, 0.6) is 0 Å². The number of thiophene rings is 1. The molecule has 0 spiro atoms.